The average molecular weight is 531 g/mol. The van der Waals surface area contributed by atoms with Crippen LogP contribution in [0.2, 0.25) is 0 Å². The second-order valence-electron chi connectivity index (χ2n) is 11.3. The Morgan fingerprint density at radius 2 is 1.79 bits per heavy atom. The topological polar surface area (TPSA) is 137 Å². The van der Waals surface area contributed by atoms with E-state index in [0.29, 0.717) is 18.4 Å². The van der Waals surface area contributed by atoms with E-state index in [-0.39, 0.29) is 5.92 Å². The van der Waals surface area contributed by atoms with Gasteiger partial charge in [0.25, 0.3) is 0 Å². The molecule has 3 aliphatic rings. The number of hydrogen-bond acceptors (Lipinski definition) is 6. The second-order valence-corrected chi connectivity index (χ2v) is 11.3. The number of ketones is 3. The van der Waals surface area contributed by atoms with Crippen LogP contribution in [0, 0.1) is 29.1 Å². The van der Waals surface area contributed by atoms with Gasteiger partial charge in [-0.05, 0) is 55.0 Å². The van der Waals surface area contributed by atoms with Crippen molar-refractivity contribution in [2.24, 2.45) is 29.1 Å². The molecule has 2 aromatic rings. The van der Waals surface area contributed by atoms with E-state index in [1.807, 2.05) is 37.4 Å². The number of aliphatic hydroxyl groups excluding tert-OH is 2. The summed E-state index contributed by atoms with van der Waals surface area (Å²) in [5, 5.41) is 25.7. The lowest BCUT2D eigenvalue weighted by Crippen LogP contribution is -2.61. The Morgan fingerprint density at radius 1 is 1.05 bits per heavy atom. The standard InChI is InChI=1S/C31H34N2O6/c1-16-7-6-9-21-29(38)28(37)18(3)26-23(14-19-15-32-22-10-5-4-8-20(19)22)33-30(39)31(21,26)25(35)12-11-24(34)27(36)17(2)13-16/h4-6,8-13,15-16,18,21,23,26-27,29,32,36,38H,7,14H2,1-3H3,(H,33,39)/b9-6+,12-11+,17-13-. The van der Waals surface area contributed by atoms with Gasteiger partial charge in [-0.15, -0.1) is 0 Å². The van der Waals surface area contributed by atoms with Crippen molar-refractivity contribution in [2.45, 2.75) is 51.9 Å². The lowest BCUT2D eigenvalue weighted by molar-refractivity contribution is -0.160. The van der Waals surface area contributed by atoms with Gasteiger partial charge >= 0.3 is 0 Å². The van der Waals surface area contributed by atoms with Crippen LogP contribution < -0.4 is 5.32 Å². The number of amides is 1. The van der Waals surface area contributed by atoms with Crippen molar-refractivity contribution in [2.75, 3.05) is 0 Å². The molecule has 1 amide bonds. The van der Waals surface area contributed by atoms with E-state index in [1.165, 1.54) is 0 Å². The summed E-state index contributed by atoms with van der Waals surface area (Å²) in [5.41, 5.74) is 0.549. The van der Waals surface area contributed by atoms with Crippen LogP contribution in [0.1, 0.15) is 32.8 Å². The van der Waals surface area contributed by atoms with Crippen molar-refractivity contribution < 1.29 is 29.4 Å². The molecule has 8 atom stereocenters. The van der Waals surface area contributed by atoms with Crippen LogP contribution in [-0.4, -0.2) is 56.7 Å². The van der Waals surface area contributed by atoms with E-state index in [0.717, 1.165) is 28.6 Å². The van der Waals surface area contributed by atoms with E-state index >= 15 is 0 Å². The number of fused-ring (bicyclic) bond motifs is 1. The monoisotopic (exact) mass is 530 g/mol. The minimum Gasteiger partial charge on any atom is -0.385 e. The number of carbonyl (C=O) groups excluding carboxylic acids is 4. The first-order chi connectivity index (χ1) is 18.6. The molecule has 4 N–H and O–H groups in total. The molecule has 8 unspecified atom stereocenters. The lowest BCUT2D eigenvalue weighted by Gasteiger charge is -2.46. The van der Waals surface area contributed by atoms with Crippen molar-refractivity contribution in [1.29, 1.82) is 0 Å². The molecule has 0 radical (unpaired) electrons. The largest absolute Gasteiger partial charge is 0.385 e. The van der Waals surface area contributed by atoms with Crippen LogP contribution in [0.15, 0.2) is 66.4 Å². The third-order valence-corrected chi connectivity index (χ3v) is 8.82. The zero-order valence-electron chi connectivity index (χ0n) is 22.3. The molecule has 8 nitrogen and oxygen atoms in total. The maximum Gasteiger partial charge on any atom is 0.235 e. The first kappa shape index (κ1) is 27.0. The van der Waals surface area contributed by atoms with Gasteiger partial charge in [0.2, 0.25) is 5.91 Å². The molecule has 1 saturated heterocycles. The molecule has 2 aliphatic carbocycles. The molecule has 0 bridgehead atoms. The SMILES string of the molecule is C/C1=C/C(C)C/C=C/C2C(O)C(=O)C(C)C3C(Cc4c[nH]c5ccccc45)NC(=O)C23C(=O)/C=C/C(=O)C1O. The fraction of sp³-hybridized carbons (Fsp3) is 0.419. The fourth-order valence-corrected chi connectivity index (χ4v) is 6.91. The maximum absolute atomic E-state index is 14.1. The van der Waals surface area contributed by atoms with Crippen LogP contribution >= 0.6 is 0 Å². The zero-order valence-corrected chi connectivity index (χ0v) is 22.3. The molecule has 39 heavy (non-hydrogen) atoms. The molecule has 1 aromatic heterocycles. The third-order valence-electron chi connectivity index (χ3n) is 8.82. The molecule has 5 rings (SSSR count). The molecule has 1 saturated carbocycles. The Hall–Kier alpha value is -3.62. The number of para-hydroxylation sites is 1. The van der Waals surface area contributed by atoms with Gasteiger partial charge in [-0.2, -0.15) is 0 Å². The molecular weight excluding hydrogens is 496 g/mol. The van der Waals surface area contributed by atoms with Gasteiger partial charge < -0.3 is 20.5 Å². The zero-order chi connectivity index (χ0) is 28.1. The van der Waals surface area contributed by atoms with E-state index in [1.54, 1.807) is 32.1 Å². The highest BCUT2D eigenvalue weighted by atomic mass is 16.3. The van der Waals surface area contributed by atoms with E-state index < -0.39 is 64.7 Å². The highest BCUT2D eigenvalue weighted by Gasteiger charge is 2.69. The molecule has 1 aromatic carbocycles. The molecular formula is C31H34N2O6. The van der Waals surface area contributed by atoms with E-state index in [4.69, 9.17) is 0 Å². The molecule has 2 fully saturated rings. The van der Waals surface area contributed by atoms with Crippen LogP contribution in [-0.2, 0) is 25.6 Å². The smallest absolute Gasteiger partial charge is 0.235 e. The Balaban J connectivity index is 1.63. The average Bonchev–Trinajstić information content (AvgIpc) is 3.45. The predicted octanol–water partition coefficient (Wildman–Crippen LogP) is 2.60. The maximum atomic E-state index is 14.1. The quantitative estimate of drug-likeness (QED) is 0.348. The van der Waals surface area contributed by atoms with Gasteiger partial charge in [-0.25, -0.2) is 0 Å². The Kier molecular flexibility index (Phi) is 7.03. The fourth-order valence-electron chi connectivity index (χ4n) is 6.91. The van der Waals surface area contributed by atoms with Crippen molar-refractivity contribution in [3.8, 4) is 0 Å². The molecule has 1 spiro atoms. The highest BCUT2D eigenvalue weighted by molar-refractivity contribution is 6.16. The number of aromatic amines is 1. The third kappa shape index (κ3) is 4.32. The van der Waals surface area contributed by atoms with Gasteiger partial charge in [-0.1, -0.05) is 50.3 Å². The first-order valence-electron chi connectivity index (χ1n) is 13.4. The van der Waals surface area contributed by atoms with Crippen molar-refractivity contribution in [3.05, 3.63) is 72.0 Å². The number of hydrogen-bond donors (Lipinski definition) is 4. The van der Waals surface area contributed by atoms with Crippen molar-refractivity contribution in [3.63, 3.8) is 0 Å². The number of carbonyl (C=O) groups is 4. The summed E-state index contributed by atoms with van der Waals surface area (Å²) in [6.07, 6.45) is 6.97. The minimum absolute atomic E-state index is 0.0711. The number of allylic oxidation sites excluding steroid dienone is 3. The highest BCUT2D eigenvalue weighted by Crippen LogP contribution is 2.54. The van der Waals surface area contributed by atoms with Crippen LogP contribution in [0.25, 0.3) is 10.9 Å². The number of H-pyrrole nitrogens is 1. The summed E-state index contributed by atoms with van der Waals surface area (Å²) in [4.78, 5) is 57.3. The molecule has 204 valence electrons. The summed E-state index contributed by atoms with van der Waals surface area (Å²) in [6.45, 7) is 5.22. The second kappa shape index (κ2) is 10.2. The van der Waals surface area contributed by atoms with Crippen LogP contribution in [0.3, 0.4) is 0 Å². The Morgan fingerprint density at radius 3 is 2.56 bits per heavy atom. The minimum atomic E-state index is -1.79. The number of nitrogens with one attached hydrogen (secondary N) is 2. The molecule has 2 heterocycles. The Bertz CT molecular complexity index is 1430. The summed E-state index contributed by atoms with van der Waals surface area (Å²) < 4.78 is 0. The lowest BCUT2D eigenvalue weighted by atomic mass is 9.52. The van der Waals surface area contributed by atoms with Crippen LogP contribution in [0.4, 0.5) is 0 Å². The van der Waals surface area contributed by atoms with Crippen molar-refractivity contribution >= 4 is 34.2 Å². The normalized spacial score (nSPS) is 38.5. The van der Waals surface area contributed by atoms with E-state index in [2.05, 4.69) is 10.3 Å². The summed E-state index contributed by atoms with van der Waals surface area (Å²) in [6, 6.07) is 7.20. The Labute approximate surface area is 226 Å². The number of rotatable bonds is 2. The molecule has 8 heteroatoms. The van der Waals surface area contributed by atoms with Gasteiger partial charge in [-0.3, -0.25) is 19.2 Å². The van der Waals surface area contributed by atoms with Gasteiger partial charge in [0.05, 0.1) is 0 Å². The van der Waals surface area contributed by atoms with Gasteiger partial charge in [0.1, 0.15) is 17.6 Å². The van der Waals surface area contributed by atoms with Gasteiger partial charge in [0, 0.05) is 40.9 Å². The summed E-state index contributed by atoms with van der Waals surface area (Å²) >= 11 is 0. The van der Waals surface area contributed by atoms with Crippen molar-refractivity contribution in [1.82, 2.24) is 10.3 Å². The van der Waals surface area contributed by atoms with E-state index in [9.17, 15) is 29.4 Å². The number of aliphatic hydroxyl groups is 2. The van der Waals surface area contributed by atoms with Gasteiger partial charge in [0.15, 0.2) is 17.3 Å². The number of benzene rings is 1. The number of aromatic nitrogens is 1. The summed E-state index contributed by atoms with van der Waals surface area (Å²) in [7, 11) is 0. The number of Topliss-reactive ketones (excluding diaryl/α,β-unsaturated/α-hetero) is 1. The predicted molar refractivity (Wildman–Crippen MR) is 145 cm³/mol. The first-order valence-corrected chi connectivity index (χ1v) is 13.4. The molecule has 1 aliphatic heterocycles. The van der Waals surface area contributed by atoms with Crippen LogP contribution in [0.5, 0.6) is 0 Å². The summed E-state index contributed by atoms with van der Waals surface area (Å²) in [5.74, 6) is -5.04.